The Hall–Kier alpha value is -2.06. The minimum absolute atomic E-state index is 0.0717. The first-order valence-corrected chi connectivity index (χ1v) is 7.45. The lowest BCUT2D eigenvalue weighted by atomic mass is 10.0. The topological polar surface area (TPSA) is 62.6 Å². The normalized spacial score (nSPS) is 18.6. The van der Waals surface area contributed by atoms with Gasteiger partial charge in [0.25, 0.3) is 0 Å². The number of nitriles is 1. The van der Waals surface area contributed by atoms with Crippen LogP contribution in [0.2, 0.25) is 0 Å². The molecule has 0 saturated carbocycles. The number of morpholine rings is 1. The van der Waals surface area contributed by atoms with Crippen LogP contribution in [-0.2, 0) is 15.9 Å². The molecule has 1 aromatic rings. The van der Waals surface area contributed by atoms with E-state index in [0.717, 1.165) is 5.56 Å². The Balaban J connectivity index is 2.09. The largest absolute Gasteiger partial charge is 0.444 e. The fourth-order valence-electron chi connectivity index (χ4n) is 2.42. The maximum atomic E-state index is 12.3. The number of nitrogens with zero attached hydrogens (tertiary/aromatic N) is 2. The van der Waals surface area contributed by atoms with Crippen molar-refractivity contribution in [2.45, 2.75) is 38.8 Å². The molecule has 5 nitrogen and oxygen atoms in total. The van der Waals surface area contributed by atoms with Crippen molar-refractivity contribution in [3.05, 3.63) is 35.4 Å². The molecular weight excluding hydrogens is 280 g/mol. The van der Waals surface area contributed by atoms with Crippen LogP contribution in [0.5, 0.6) is 0 Å². The highest BCUT2D eigenvalue weighted by Gasteiger charge is 2.31. The second-order valence-electron chi connectivity index (χ2n) is 6.42. The number of hydrogen-bond acceptors (Lipinski definition) is 4. The zero-order valence-corrected chi connectivity index (χ0v) is 13.3. The second-order valence-corrected chi connectivity index (χ2v) is 6.42. The molecule has 1 aromatic carbocycles. The average Bonchev–Trinajstić information content (AvgIpc) is 2.46. The molecule has 0 N–H and O–H groups in total. The minimum Gasteiger partial charge on any atom is -0.444 e. The number of hydrogen-bond donors (Lipinski definition) is 0. The molecule has 1 saturated heterocycles. The van der Waals surface area contributed by atoms with Crippen LogP contribution in [0.25, 0.3) is 0 Å². The zero-order valence-electron chi connectivity index (χ0n) is 13.3. The number of carbonyl (C=O) groups excluding carboxylic acids is 1. The highest BCUT2D eigenvalue weighted by Crippen LogP contribution is 2.18. The van der Waals surface area contributed by atoms with Gasteiger partial charge < -0.3 is 14.4 Å². The molecule has 1 aliphatic heterocycles. The summed E-state index contributed by atoms with van der Waals surface area (Å²) in [4.78, 5) is 14.1. The number of carbonyl (C=O) groups is 1. The summed E-state index contributed by atoms with van der Waals surface area (Å²) in [6, 6.07) is 9.50. The van der Waals surface area contributed by atoms with Crippen molar-refractivity contribution in [1.82, 2.24) is 4.90 Å². The van der Waals surface area contributed by atoms with Crippen LogP contribution in [-0.4, -0.2) is 42.4 Å². The molecule has 0 radical (unpaired) electrons. The van der Waals surface area contributed by atoms with Crippen LogP contribution in [0.4, 0.5) is 4.79 Å². The Morgan fingerprint density at radius 3 is 2.95 bits per heavy atom. The smallest absolute Gasteiger partial charge is 0.410 e. The highest BCUT2D eigenvalue weighted by atomic mass is 16.6. The summed E-state index contributed by atoms with van der Waals surface area (Å²) in [5.74, 6) is 0. The lowest BCUT2D eigenvalue weighted by Crippen LogP contribution is -2.51. The van der Waals surface area contributed by atoms with Gasteiger partial charge in [-0.1, -0.05) is 12.1 Å². The van der Waals surface area contributed by atoms with Gasteiger partial charge in [0.1, 0.15) is 5.60 Å². The molecule has 1 atom stereocenters. The SMILES string of the molecule is CC(C)(C)OC(=O)N1CCOC[C@H]1Cc1cccc(C#N)c1. The average molecular weight is 302 g/mol. The van der Waals surface area contributed by atoms with Gasteiger partial charge in [-0.25, -0.2) is 4.79 Å². The van der Waals surface area contributed by atoms with Crippen molar-refractivity contribution in [3.63, 3.8) is 0 Å². The maximum Gasteiger partial charge on any atom is 0.410 e. The second kappa shape index (κ2) is 6.80. The van der Waals surface area contributed by atoms with E-state index in [4.69, 9.17) is 14.7 Å². The Morgan fingerprint density at radius 1 is 1.50 bits per heavy atom. The molecule has 1 fully saturated rings. The quantitative estimate of drug-likeness (QED) is 0.842. The molecule has 5 heteroatoms. The summed E-state index contributed by atoms with van der Waals surface area (Å²) in [7, 11) is 0. The third-order valence-corrected chi connectivity index (χ3v) is 3.38. The fraction of sp³-hybridized carbons (Fsp3) is 0.529. The van der Waals surface area contributed by atoms with Crippen LogP contribution in [0, 0.1) is 11.3 Å². The van der Waals surface area contributed by atoms with Crippen LogP contribution in [0.1, 0.15) is 31.9 Å². The molecule has 1 heterocycles. The maximum absolute atomic E-state index is 12.3. The van der Waals surface area contributed by atoms with Gasteiger partial charge >= 0.3 is 6.09 Å². The van der Waals surface area contributed by atoms with E-state index in [1.54, 1.807) is 11.0 Å². The van der Waals surface area contributed by atoms with Crippen molar-refractivity contribution >= 4 is 6.09 Å². The van der Waals surface area contributed by atoms with Crippen LogP contribution in [0.15, 0.2) is 24.3 Å². The van der Waals surface area contributed by atoms with Crippen LogP contribution < -0.4 is 0 Å². The lowest BCUT2D eigenvalue weighted by molar-refractivity contribution is -0.0319. The summed E-state index contributed by atoms with van der Waals surface area (Å²) in [6.07, 6.45) is 0.339. The van der Waals surface area contributed by atoms with E-state index < -0.39 is 5.60 Å². The fourth-order valence-corrected chi connectivity index (χ4v) is 2.42. The highest BCUT2D eigenvalue weighted by molar-refractivity contribution is 5.68. The van der Waals surface area contributed by atoms with Gasteiger partial charge in [0.05, 0.1) is 30.9 Å². The van der Waals surface area contributed by atoms with Crippen molar-refractivity contribution in [2.75, 3.05) is 19.8 Å². The predicted octanol–water partition coefficient (Wildman–Crippen LogP) is 2.74. The van der Waals surface area contributed by atoms with E-state index in [-0.39, 0.29) is 12.1 Å². The Labute approximate surface area is 131 Å². The van der Waals surface area contributed by atoms with E-state index in [2.05, 4.69) is 6.07 Å². The van der Waals surface area contributed by atoms with Gasteiger partial charge in [-0.3, -0.25) is 0 Å². The van der Waals surface area contributed by atoms with E-state index in [1.165, 1.54) is 0 Å². The van der Waals surface area contributed by atoms with E-state index in [1.807, 2.05) is 39.0 Å². The van der Waals surface area contributed by atoms with Crippen molar-refractivity contribution in [2.24, 2.45) is 0 Å². The van der Waals surface area contributed by atoms with Gasteiger partial charge in [0.2, 0.25) is 0 Å². The molecule has 0 aromatic heterocycles. The summed E-state index contributed by atoms with van der Waals surface area (Å²) in [5.41, 5.74) is 1.13. The van der Waals surface area contributed by atoms with E-state index in [9.17, 15) is 4.79 Å². The number of amides is 1. The van der Waals surface area contributed by atoms with Crippen molar-refractivity contribution in [1.29, 1.82) is 5.26 Å². The van der Waals surface area contributed by atoms with Gasteiger partial charge in [-0.15, -0.1) is 0 Å². The molecule has 1 amide bonds. The summed E-state index contributed by atoms with van der Waals surface area (Å²) < 4.78 is 11.0. The molecule has 0 bridgehead atoms. The molecule has 1 aliphatic rings. The molecular formula is C17H22N2O3. The Kier molecular flexibility index (Phi) is 5.04. The Bertz CT molecular complexity index is 572. The first kappa shape index (κ1) is 16.3. The number of benzene rings is 1. The summed E-state index contributed by atoms with van der Waals surface area (Å²) in [5, 5.41) is 8.98. The molecule has 0 aliphatic carbocycles. The number of rotatable bonds is 2. The molecule has 22 heavy (non-hydrogen) atoms. The zero-order chi connectivity index (χ0) is 16.2. The number of ether oxygens (including phenoxy) is 2. The Morgan fingerprint density at radius 2 is 2.27 bits per heavy atom. The standard InChI is InChI=1S/C17H22N2O3/c1-17(2,3)22-16(20)19-7-8-21-12-15(19)10-13-5-4-6-14(9-13)11-18/h4-6,9,15H,7-8,10,12H2,1-3H3/t15-/m1/s1. The van der Waals surface area contributed by atoms with Gasteiger partial charge in [-0.05, 0) is 44.9 Å². The summed E-state index contributed by atoms with van der Waals surface area (Å²) >= 11 is 0. The third-order valence-electron chi connectivity index (χ3n) is 3.38. The lowest BCUT2D eigenvalue weighted by Gasteiger charge is -2.36. The first-order valence-electron chi connectivity index (χ1n) is 7.45. The predicted molar refractivity (Wildman–Crippen MR) is 82.4 cm³/mol. The summed E-state index contributed by atoms with van der Waals surface area (Å²) in [6.45, 7) is 7.10. The van der Waals surface area contributed by atoms with Gasteiger partial charge in [-0.2, -0.15) is 5.26 Å². The first-order chi connectivity index (χ1) is 10.4. The molecule has 0 unspecified atom stereocenters. The van der Waals surface area contributed by atoms with Crippen molar-refractivity contribution in [3.8, 4) is 6.07 Å². The van der Waals surface area contributed by atoms with Gasteiger partial charge in [0.15, 0.2) is 0 Å². The van der Waals surface area contributed by atoms with E-state index >= 15 is 0 Å². The monoisotopic (exact) mass is 302 g/mol. The van der Waals surface area contributed by atoms with Crippen molar-refractivity contribution < 1.29 is 14.3 Å². The third kappa shape index (κ3) is 4.47. The molecule has 2 rings (SSSR count). The molecule has 118 valence electrons. The molecule has 0 spiro atoms. The minimum atomic E-state index is -0.513. The van der Waals surface area contributed by atoms with Gasteiger partial charge in [0, 0.05) is 6.54 Å². The van der Waals surface area contributed by atoms with Crippen LogP contribution in [0.3, 0.4) is 0 Å². The van der Waals surface area contributed by atoms with Crippen LogP contribution >= 0.6 is 0 Å². The van der Waals surface area contributed by atoms with E-state index in [0.29, 0.717) is 31.7 Å².